The van der Waals surface area contributed by atoms with E-state index in [9.17, 15) is 19.5 Å². The number of carboxylic acid groups (broad SMARTS) is 1. The maximum atomic E-state index is 13.0. The molecule has 0 spiro atoms. The first-order valence-electron chi connectivity index (χ1n) is 9.30. The Morgan fingerprint density at radius 1 is 1.08 bits per heavy atom. The molecule has 26 heavy (non-hydrogen) atoms. The van der Waals surface area contributed by atoms with Gasteiger partial charge in [-0.25, -0.2) is 4.79 Å². The lowest BCUT2D eigenvalue weighted by Gasteiger charge is -2.39. The number of fused-ring (bicyclic) bond motifs is 1. The monoisotopic (exact) mass is 358 g/mol. The molecule has 1 atom stereocenters. The molecule has 6 nitrogen and oxygen atoms in total. The van der Waals surface area contributed by atoms with Gasteiger partial charge < -0.3 is 14.9 Å². The van der Waals surface area contributed by atoms with Crippen LogP contribution in [0, 0.1) is 11.8 Å². The van der Waals surface area contributed by atoms with Crippen LogP contribution in [0.2, 0.25) is 0 Å². The fourth-order valence-corrected chi connectivity index (χ4v) is 4.02. The molecule has 1 fully saturated rings. The third-order valence-electron chi connectivity index (χ3n) is 5.45. The van der Waals surface area contributed by atoms with Crippen molar-refractivity contribution in [2.45, 2.75) is 39.2 Å². The van der Waals surface area contributed by atoms with Crippen molar-refractivity contribution in [2.75, 3.05) is 19.6 Å². The Labute approximate surface area is 153 Å². The maximum absolute atomic E-state index is 13.0. The van der Waals surface area contributed by atoms with Crippen LogP contribution in [0.1, 0.15) is 43.9 Å². The number of rotatable bonds is 3. The molecule has 6 heteroatoms. The third-order valence-corrected chi connectivity index (χ3v) is 5.45. The molecule has 3 rings (SSSR count). The van der Waals surface area contributed by atoms with Gasteiger partial charge in [-0.1, -0.05) is 38.1 Å². The van der Waals surface area contributed by atoms with Gasteiger partial charge in [-0.15, -0.1) is 0 Å². The van der Waals surface area contributed by atoms with Gasteiger partial charge in [0.15, 0.2) is 6.04 Å². The van der Waals surface area contributed by atoms with Gasteiger partial charge >= 0.3 is 5.97 Å². The standard InChI is InChI=1S/C20H26N2O4/c1-13(2)18(23)21-10-7-15(8-11-21)19(24)22-12-9-14-5-3-4-6-16(14)17(22)20(25)26/h3-6,13,15,17H,7-12H2,1-2H3,(H,25,26). The van der Waals surface area contributed by atoms with Gasteiger partial charge in [-0.2, -0.15) is 0 Å². The highest BCUT2D eigenvalue weighted by Gasteiger charge is 2.39. The van der Waals surface area contributed by atoms with Crippen LogP contribution in [0.4, 0.5) is 0 Å². The zero-order valence-electron chi connectivity index (χ0n) is 15.4. The quantitative estimate of drug-likeness (QED) is 0.897. The van der Waals surface area contributed by atoms with E-state index in [0.29, 0.717) is 44.5 Å². The van der Waals surface area contributed by atoms with E-state index in [1.165, 1.54) is 4.90 Å². The number of likely N-dealkylation sites (tertiary alicyclic amines) is 1. The number of nitrogens with zero attached hydrogens (tertiary/aromatic N) is 2. The molecular weight excluding hydrogens is 332 g/mol. The van der Waals surface area contributed by atoms with Gasteiger partial charge in [0, 0.05) is 31.5 Å². The lowest BCUT2D eigenvalue weighted by atomic mass is 9.89. The number of carbonyl (C=O) groups is 3. The van der Waals surface area contributed by atoms with Crippen LogP contribution in [0.5, 0.6) is 0 Å². The largest absolute Gasteiger partial charge is 0.479 e. The normalized spacial score (nSPS) is 20.8. The van der Waals surface area contributed by atoms with E-state index in [0.717, 1.165) is 5.56 Å². The first kappa shape index (κ1) is 18.4. The molecule has 1 aromatic carbocycles. The highest BCUT2D eigenvalue weighted by atomic mass is 16.4. The molecule has 2 aliphatic heterocycles. The van der Waals surface area contributed by atoms with Gasteiger partial charge in [0.2, 0.25) is 11.8 Å². The molecule has 0 saturated carbocycles. The molecule has 1 aromatic rings. The highest BCUT2D eigenvalue weighted by molar-refractivity contribution is 5.87. The van der Waals surface area contributed by atoms with Gasteiger partial charge in [0.05, 0.1) is 0 Å². The Morgan fingerprint density at radius 2 is 1.73 bits per heavy atom. The fraction of sp³-hybridized carbons (Fsp3) is 0.550. The summed E-state index contributed by atoms with van der Waals surface area (Å²) in [5.74, 6) is -1.22. The molecule has 1 N–H and O–H groups in total. The maximum Gasteiger partial charge on any atom is 0.331 e. The number of aliphatic carboxylic acids is 1. The second kappa shape index (κ2) is 7.48. The van der Waals surface area contributed by atoms with Crippen LogP contribution < -0.4 is 0 Å². The molecule has 0 bridgehead atoms. The number of benzene rings is 1. The zero-order valence-corrected chi connectivity index (χ0v) is 15.4. The Balaban J connectivity index is 1.72. The number of hydrogen-bond donors (Lipinski definition) is 1. The Bertz CT molecular complexity index is 708. The van der Waals surface area contributed by atoms with Crippen molar-refractivity contribution >= 4 is 17.8 Å². The van der Waals surface area contributed by atoms with Crippen LogP contribution in [-0.4, -0.2) is 52.3 Å². The summed E-state index contributed by atoms with van der Waals surface area (Å²) in [5, 5.41) is 9.73. The molecule has 140 valence electrons. The highest BCUT2D eigenvalue weighted by Crippen LogP contribution is 2.33. The Morgan fingerprint density at radius 3 is 2.35 bits per heavy atom. The molecule has 0 aromatic heterocycles. The summed E-state index contributed by atoms with van der Waals surface area (Å²) < 4.78 is 0. The summed E-state index contributed by atoms with van der Waals surface area (Å²) in [4.78, 5) is 40.4. The first-order chi connectivity index (χ1) is 12.4. The predicted octanol–water partition coefficient (Wildman–Crippen LogP) is 2.09. The summed E-state index contributed by atoms with van der Waals surface area (Å²) in [6, 6.07) is 6.54. The number of piperidine rings is 1. The molecule has 0 aliphatic carbocycles. The smallest absolute Gasteiger partial charge is 0.331 e. The van der Waals surface area contributed by atoms with Crippen molar-refractivity contribution in [1.29, 1.82) is 0 Å². The first-order valence-corrected chi connectivity index (χ1v) is 9.30. The molecule has 2 heterocycles. The van der Waals surface area contributed by atoms with Crippen LogP contribution in [-0.2, 0) is 20.8 Å². The van der Waals surface area contributed by atoms with Crippen molar-refractivity contribution in [1.82, 2.24) is 9.80 Å². The van der Waals surface area contributed by atoms with E-state index >= 15 is 0 Å². The second-order valence-corrected chi connectivity index (χ2v) is 7.48. The average Bonchev–Trinajstić information content (AvgIpc) is 2.65. The van der Waals surface area contributed by atoms with Crippen molar-refractivity contribution in [2.24, 2.45) is 11.8 Å². The van der Waals surface area contributed by atoms with E-state index in [-0.39, 0.29) is 23.7 Å². The molecular formula is C20H26N2O4. The number of carboxylic acids is 1. The molecule has 2 amide bonds. The van der Waals surface area contributed by atoms with Crippen LogP contribution in [0.25, 0.3) is 0 Å². The van der Waals surface area contributed by atoms with Crippen molar-refractivity contribution in [3.8, 4) is 0 Å². The minimum absolute atomic E-state index is 0.0442. The van der Waals surface area contributed by atoms with Gasteiger partial charge in [-0.05, 0) is 30.4 Å². The van der Waals surface area contributed by atoms with Gasteiger partial charge in [0.1, 0.15) is 0 Å². The molecule has 1 saturated heterocycles. The van der Waals surface area contributed by atoms with Crippen LogP contribution >= 0.6 is 0 Å². The molecule has 1 unspecified atom stereocenters. The third kappa shape index (κ3) is 3.45. The lowest BCUT2D eigenvalue weighted by molar-refractivity contribution is -0.154. The van der Waals surface area contributed by atoms with Crippen LogP contribution in [0.3, 0.4) is 0 Å². The predicted molar refractivity (Wildman–Crippen MR) is 96.4 cm³/mol. The summed E-state index contributed by atoms with van der Waals surface area (Å²) in [7, 11) is 0. The van der Waals surface area contributed by atoms with E-state index in [1.54, 1.807) is 6.07 Å². The van der Waals surface area contributed by atoms with E-state index in [2.05, 4.69) is 0 Å². The molecule has 2 aliphatic rings. The van der Waals surface area contributed by atoms with E-state index in [1.807, 2.05) is 36.9 Å². The van der Waals surface area contributed by atoms with E-state index in [4.69, 9.17) is 0 Å². The minimum atomic E-state index is -0.988. The number of hydrogen-bond acceptors (Lipinski definition) is 3. The summed E-state index contributed by atoms with van der Waals surface area (Å²) in [6.07, 6.45) is 1.87. The lowest BCUT2D eigenvalue weighted by Crippen LogP contribution is -2.49. The summed E-state index contributed by atoms with van der Waals surface area (Å²) in [6.45, 7) is 5.31. The van der Waals surface area contributed by atoms with Gasteiger partial charge in [-0.3, -0.25) is 9.59 Å². The molecule has 0 radical (unpaired) electrons. The zero-order chi connectivity index (χ0) is 18.8. The fourth-order valence-electron chi connectivity index (χ4n) is 4.02. The Kier molecular flexibility index (Phi) is 5.30. The second-order valence-electron chi connectivity index (χ2n) is 7.48. The average molecular weight is 358 g/mol. The minimum Gasteiger partial charge on any atom is -0.479 e. The number of amides is 2. The van der Waals surface area contributed by atoms with E-state index < -0.39 is 12.0 Å². The summed E-state index contributed by atoms with van der Waals surface area (Å²) in [5.41, 5.74) is 1.72. The SMILES string of the molecule is CC(C)C(=O)N1CCC(C(=O)N2CCc3ccccc3C2C(=O)O)CC1. The number of carbonyl (C=O) groups excluding carboxylic acids is 2. The topological polar surface area (TPSA) is 77.9 Å². The van der Waals surface area contributed by atoms with Crippen molar-refractivity contribution in [3.05, 3.63) is 35.4 Å². The van der Waals surface area contributed by atoms with Gasteiger partial charge in [0.25, 0.3) is 0 Å². The summed E-state index contributed by atoms with van der Waals surface area (Å²) >= 11 is 0. The van der Waals surface area contributed by atoms with Crippen LogP contribution in [0.15, 0.2) is 24.3 Å². The van der Waals surface area contributed by atoms with Crippen molar-refractivity contribution < 1.29 is 19.5 Å². The Hall–Kier alpha value is -2.37. The van der Waals surface area contributed by atoms with Crippen molar-refractivity contribution in [3.63, 3.8) is 0 Å².